The molecule has 126 valence electrons. The fourth-order valence-corrected chi connectivity index (χ4v) is 3.08. The maximum Gasteiger partial charge on any atom is 0.319 e. The van der Waals surface area contributed by atoms with Gasteiger partial charge in [-0.3, -0.25) is 0 Å². The Balaban J connectivity index is 1.44. The average Bonchev–Trinajstić information content (AvgIpc) is 3.22. The highest BCUT2D eigenvalue weighted by Gasteiger charge is 2.28. The molecule has 1 aliphatic rings. The van der Waals surface area contributed by atoms with Crippen molar-refractivity contribution < 1.29 is 9.53 Å². The summed E-state index contributed by atoms with van der Waals surface area (Å²) < 4.78 is 7.08. The third-order valence-corrected chi connectivity index (χ3v) is 4.26. The van der Waals surface area contributed by atoms with E-state index in [2.05, 4.69) is 37.3 Å². The summed E-state index contributed by atoms with van der Waals surface area (Å²) in [6, 6.07) is 11.4. The molecule has 1 atom stereocenters. The Hall–Kier alpha value is -3.35. The molecule has 3 aromatic rings. The summed E-state index contributed by atoms with van der Waals surface area (Å²) in [6.45, 7) is 0.468. The second-order valence-corrected chi connectivity index (χ2v) is 5.71. The zero-order chi connectivity index (χ0) is 17.2. The van der Waals surface area contributed by atoms with Crippen molar-refractivity contribution in [2.24, 2.45) is 0 Å². The minimum atomic E-state index is -0.280. The lowest BCUT2D eigenvalue weighted by Crippen LogP contribution is -2.33. The van der Waals surface area contributed by atoms with Crippen molar-refractivity contribution in [3.05, 3.63) is 60.7 Å². The summed E-state index contributed by atoms with van der Waals surface area (Å²) in [5.41, 5.74) is 4.02. The largest absolute Gasteiger partial charge is 0.481 e. The van der Waals surface area contributed by atoms with Gasteiger partial charge in [0.05, 0.1) is 43.3 Å². The van der Waals surface area contributed by atoms with E-state index >= 15 is 0 Å². The topological polar surface area (TPSA) is 81.1 Å². The summed E-state index contributed by atoms with van der Waals surface area (Å²) in [4.78, 5) is 20.5. The minimum Gasteiger partial charge on any atom is -0.481 e. The minimum absolute atomic E-state index is 0.0356. The number of nitrogens with zero attached hydrogens (tertiary/aromatic N) is 3. The molecule has 7 nitrogen and oxygen atoms in total. The van der Waals surface area contributed by atoms with Crippen molar-refractivity contribution in [2.45, 2.75) is 6.04 Å². The van der Waals surface area contributed by atoms with Crippen LogP contribution in [0.4, 0.5) is 10.5 Å². The molecule has 0 fully saturated rings. The first-order valence-electron chi connectivity index (χ1n) is 7.92. The van der Waals surface area contributed by atoms with Crippen LogP contribution in [-0.4, -0.2) is 34.2 Å². The third-order valence-electron chi connectivity index (χ3n) is 4.26. The van der Waals surface area contributed by atoms with Gasteiger partial charge in [-0.2, -0.15) is 0 Å². The number of amides is 2. The molecule has 2 amide bonds. The highest BCUT2D eigenvalue weighted by Crippen LogP contribution is 2.38. The molecule has 1 unspecified atom stereocenters. The van der Waals surface area contributed by atoms with E-state index in [0.29, 0.717) is 18.1 Å². The first-order chi connectivity index (χ1) is 12.3. The number of benzene rings is 1. The van der Waals surface area contributed by atoms with Crippen LogP contribution in [0.25, 0.3) is 11.3 Å². The summed E-state index contributed by atoms with van der Waals surface area (Å²) in [5.74, 6) is 0.501. The number of pyridine rings is 1. The Labute approximate surface area is 144 Å². The van der Waals surface area contributed by atoms with Gasteiger partial charge in [0.2, 0.25) is 5.88 Å². The van der Waals surface area contributed by atoms with Gasteiger partial charge in [0.25, 0.3) is 0 Å². The predicted molar refractivity (Wildman–Crippen MR) is 93.6 cm³/mol. The number of ether oxygens (including phenoxy) is 1. The lowest BCUT2D eigenvalue weighted by Gasteiger charge is -2.16. The van der Waals surface area contributed by atoms with Crippen LogP contribution in [0.3, 0.4) is 0 Å². The SMILES string of the molecule is COc1ccc(NC(=O)NCC2c3ccccc3-c3cncn32)cn1. The smallest absolute Gasteiger partial charge is 0.319 e. The highest BCUT2D eigenvalue weighted by atomic mass is 16.5. The third kappa shape index (κ3) is 2.80. The molecule has 2 aromatic heterocycles. The number of imidazole rings is 1. The van der Waals surface area contributed by atoms with Crippen molar-refractivity contribution in [1.29, 1.82) is 0 Å². The van der Waals surface area contributed by atoms with Crippen molar-refractivity contribution in [1.82, 2.24) is 19.9 Å². The molecule has 1 aliphatic heterocycles. The monoisotopic (exact) mass is 335 g/mol. The van der Waals surface area contributed by atoms with Gasteiger partial charge in [-0.15, -0.1) is 0 Å². The molecular weight excluding hydrogens is 318 g/mol. The van der Waals surface area contributed by atoms with Crippen LogP contribution in [0.5, 0.6) is 5.88 Å². The van der Waals surface area contributed by atoms with E-state index in [1.807, 2.05) is 18.3 Å². The van der Waals surface area contributed by atoms with Crippen molar-refractivity contribution in [3.63, 3.8) is 0 Å². The molecule has 7 heteroatoms. The van der Waals surface area contributed by atoms with E-state index in [1.54, 1.807) is 31.8 Å². The maximum absolute atomic E-state index is 12.2. The van der Waals surface area contributed by atoms with Gasteiger partial charge < -0.3 is 19.9 Å². The van der Waals surface area contributed by atoms with E-state index in [1.165, 1.54) is 5.56 Å². The molecular formula is C18H17N5O2. The summed E-state index contributed by atoms with van der Waals surface area (Å²) in [7, 11) is 1.55. The Morgan fingerprint density at radius 3 is 2.92 bits per heavy atom. The molecule has 0 spiro atoms. The fourth-order valence-electron chi connectivity index (χ4n) is 3.08. The van der Waals surface area contributed by atoms with E-state index < -0.39 is 0 Å². The number of carbonyl (C=O) groups excluding carboxylic acids is 1. The highest BCUT2D eigenvalue weighted by molar-refractivity contribution is 5.89. The molecule has 4 rings (SSSR count). The number of urea groups is 1. The molecule has 0 aliphatic carbocycles. The van der Waals surface area contributed by atoms with Crippen LogP contribution in [0.2, 0.25) is 0 Å². The van der Waals surface area contributed by atoms with E-state index in [0.717, 1.165) is 11.3 Å². The number of aromatic nitrogens is 3. The second kappa shape index (κ2) is 6.27. The van der Waals surface area contributed by atoms with Crippen molar-refractivity contribution in [2.75, 3.05) is 19.0 Å². The molecule has 3 heterocycles. The fraction of sp³-hybridized carbons (Fsp3) is 0.167. The van der Waals surface area contributed by atoms with Crippen LogP contribution < -0.4 is 15.4 Å². The molecule has 0 saturated carbocycles. The molecule has 0 bridgehead atoms. The summed E-state index contributed by atoms with van der Waals surface area (Å²) in [5, 5.41) is 5.68. The predicted octanol–water partition coefficient (Wildman–Crippen LogP) is 2.68. The van der Waals surface area contributed by atoms with Crippen LogP contribution in [0.15, 0.2) is 55.1 Å². The normalized spacial score (nSPS) is 14.5. The van der Waals surface area contributed by atoms with E-state index in [-0.39, 0.29) is 12.1 Å². The molecule has 0 saturated heterocycles. The lowest BCUT2D eigenvalue weighted by atomic mass is 10.0. The van der Waals surface area contributed by atoms with Crippen LogP contribution >= 0.6 is 0 Å². The van der Waals surface area contributed by atoms with Gasteiger partial charge >= 0.3 is 6.03 Å². The average molecular weight is 335 g/mol. The number of fused-ring (bicyclic) bond motifs is 3. The quantitative estimate of drug-likeness (QED) is 0.768. The number of anilines is 1. The number of nitrogens with one attached hydrogen (secondary N) is 2. The van der Waals surface area contributed by atoms with Crippen LogP contribution in [0, 0.1) is 0 Å². The Kier molecular flexibility index (Phi) is 3.81. The van der Waals surface area contributed by atoms with E-state index in [9.17, 15) is 4.79 Å². The molecule has 25 heavy (non-hydrogen) atoms. The standard InChI is InChI=1S/C18H17N5O2/c1-25-17-7-6-12(8-20-17)22-18(24)21-10-16-14-5-3-2-4-13(14)15-9-19-11-23(15)16/h2-9,11,16H,10H2,1H3,(H2,21,22,24). The number of hydrogen-bond donors (Lipinski definition) is 2. The van der Waals surface area contributed by atoms with Crippen molar-refractivity contribution in [3.8, 4) is 17.1 Å². The zero-order valence-corrected chi connectivity index (χ0v) is 13.6. The number of carbonyl (C=O) groups is 1. The number of hydrogen-bond acceptors (Lipinski definition) is 4. The Bertz CT molecular complexity index is 904. The molecule has 2 N–H and O–H groups in total. The molecule has 0 radical (unpaired) electrons. The lowest BCUT2D eigenvalue weighted by molar-refractivity contribution is 0.251. The van der Waals surface area contributed by atoms with Crippen LogP contribution in [0.1, 0.15) is 11.6 Å². The summed E-state index contributed by atoms with van der Waals surface area (Å²) >= 11 is 0. The maximum atomic E-state index is 12.2. The second-order valence-electron chi connectivity index (χ2n) is 5.71. The van der Waals surface area contributed by atoms with E-state index in [4.69, 9.17) is 4.74 Å². The Morgan fingerprint density at radius 1 is 1.24 bits per heavy atom. The van der Waals surface area contributed by atoms with Gasteiger partial charge in [0, 0.05) is 18.2 Å². The van der Waals surface area contributed by atoms with Gasteiger partial charge in [0.15, 0.2) is 0 Å². The van der Waals surface area contributed by atoms with Gasteiger partial charge in [-0.25, -0.2) is 14.8 Å². The van der Waals surface area contributed by atoms with Gasteiger partial charge in [0.1, 0.15) is 0 Å². The van der Waals surface area contributed by atoms with Crippen molar-refractivity contribution >= 4 is 11.7 Å². The zero-order valence-electron chi connectivity index (χ0n) is 13.6. The van der Waals surface area contributed by atoms with Gasteiger partial charge in [-0.1, -0.05) is 24.3 Å². The molecule has 1 aromatic carbocycles. The van der Waals surface area contributed by atoms with Crippen LogP contribution in [-0.2, 0) is 0 Å². The first-order valence-corrected chi connectivity index (χ1v) is 7.92. The first kappa shape index (κ1) is 15.2. The number of rotatable bonds is 4. The summed E-state index contributed by atoms with van der Waals surface area (Å²) in [6.07, 6.45) is 5.20. The van der Waals surface area contributed by atoms with Gasteiger partial charge in [-0.05, 0) is 11.6 Å². The Morgan fingerprint density at radius 2 is 2.12 bits per heavy atom. The number of methoxy groups -OCH3 is 1.